The molecule has 0 atom stereocenters. The Morgan fingerprint density at radius 3 is 2.60 bits per heavy atom. The zero-order valence-electron chi connectivity index (χ0n) is 12.2. The Hall–Kier alpha value is -1.96. The molecule has 0 aromatic carbocycles. The van der Waals surface area contributed by atoms with E-state index in [1.807, 2.05) is 13.8 Å². The molecular formula is C12H20N4O4. The molecule has 1 rings (SSSR count). The predicted molar refractivity (Wildman–Crippen MR) is 70.0 cm³/mol. The van der Waals surface area contributed by atoms with Crippen molar-refractivity contribution in [2.45, 2.75) is 39.5 Å². The van der Waals surface area contributed by atoms with Crippen LogP contribution in [0.15, 0.2) is 0 Å². The van der Waals surface area contributed by atoms with Crippen molar-refractivity contribution in [1.29, 1.82) is 0 Å². The van der Waals surface area contributed by atoms with Crippen molar-refractivity contribution in [2.24, 2.45) is 0 Å². The van der Waals surface area contributed by atoms with Gasteiger partial charge in [0.05, 0.1) is 26.0 Å². The van der Waals surface area contributed by atoms with Gasteiger partial charge in [0.2, 0.25) is 5.91 Å². The minimum absolute atomic E-state index is 0.0847. The molecule has 1 N–H and O–H groups in total. The minimum Gasteiger partial charge on any atom is -0.464 e. The number of hydrogen-bond acceptors (Lipinski definition) is 6. The molecule has 8 heteroatoms. The van der Waals surface area contributed by atoms with E-state index in [0.717, 1.165) is 0 Å². The first kappa shape index (κ1) is 16.1. The molecule has 20 heavy (non-hydrogen) atoms. The SMILES string of the molecule is COCc1c(C(=O)OC)nnn1CCC(=O)NC(C)C. The summed E-state index contributed by atoms with van der Waals surface area (Å²) in [6.45, 7) is 4.27. The molecule has 0 unspecified atom stereocenters. The van der Waals surface area contributed by atoms with E-state index in [0.29, 0.717) is 12.2 Å². The Morgan fingerprint density at radius 1 is 1.35 bits per heavy atom. The van der Waals surface area contributed by atoms with Crippen molar-refractivity contribution in [2.75, 3.05) is 14.2 Å². The van der Waals surface area contributed by atoms with Gasteiger partial charge in [0.15, 0.2) is 5.69 Å². The first-order chi connectivity index (χ1) is 9.49. The van der Waals surface area contributed by atoms with Crippen LogP contribution in [0.3, 0.4) is 0 Å². The average molecular weight is 284 g/mol. The number of nitrogens with zero attached hydrogens (tertiary/aromatic N) is 3. The smallest absolute Gasteiger partial charge is 0.360 e. The van der Waals surface area contributed by atoms with E-state index in [1.54, 1.807) is 0 Å². The third-order valence-corrected chi connectivity index (χ3v) is 2.50. The fraction of sp³-hybridized carbons (Fsp3) is 0.667. The Bertz CT molecular complexity index is 470. The molecule has 0 aliphatic carbocycles. The molecule has 0 aliphatic rings. The maximum atomic E-state index is 11.6. The van der Waals surface area contributed by atoms with Crippen molar-refractivity contribution in [3.8, 4) is 0 Å². The number of amides is 1. The predicted octanol–water partition coefficient (Wildman–Crippen LogP) is 0.126. The topological polar surface area (TPSA) is 95.3 Å². The molecule has 8 nitrogen and oxygen atoms in total. The van der Waals surface area contributed by atoms with Crippen molar-refractivity contribution in [1.82, 2.24) is 20.3 Å². The summed E-state index contributed by atoms with van der Waals surface area (Å²) in [7, 11) is 2.78. The van der Waals surface area contributed by atoms with Crippen molar-refractivity contribution < 1.29 is 19.1 Å². The van der Waals surface area contributed by atoms with E-state index in [1.165, 1.54) is 18.9 Å². The fourth-order valence-electron chi connectivity index (χ4n) is 1.65. The van der Waals surface area contributed by atoms with Crippen LogP contribution in [0.25, 0.3) is 0 Å². The van der Waals surface area contributed by atoms with Gasteiger partial charge in [-0.2, -0.15) is 0 Å². The minimum atomic E-state index is -0.574. The Morgan fingerprint density at radius 2 is 2.05 bits per heavy atom. The third-order valence-electron chi connectivity index (χ3n) is 2.50. The maximum absolute atomic E-state index is 11.6. The van der Waals surface area contributed by atoms with Crippen molar-refractivity contribution in [3.63, 3.8) is 0 Å². The van der Waals surface area contributed by atoms with Crippen molar-refractivity contribution in [3.05, 3.63) is 11.4 Å². The van der Waals surface area contributed by atoms with Gasteiger partial charge in [0, 0.05) is 19.6 Å². The van der Waals surface area contributed by atoms with Gasteiger partial charge in [-0.15, -0.1) is 5.10 Å². The average Bonchev–Trinajstić information content (AvgIpc) is 2.78. The van der Waals surface area contributed by atoms with Gasteiger partial charge in [-0.3, -0.25) is 4.79 Å². The molecule has 1 heterocycles. The molecule has 1 amide bonds. The van der Waals surface area contributed by atoms with E-state index >= 15 is 0 Å². The third kappa shape index (κ3) is 4.30. The van der Waals surface area contributed by atoms with E-state index < -0.39 is 5.97 Å². The summed E-state index contributed by atoms with van der Waals surface area (Å²) in [4.78, 5) is 23.1. The Labute approximate surface area is 117 Å². The number of carbonyl (C=O) groups excluding carboxylic acids is 2. The lowest BCUT2D eigenvalue weighted by Gasteiger charge is -2.09. The van der Waals surface area contributed by atoms with Crippen LogP contribution >= 0.6 is 0 Å². The molecule has 1 aromatic heterocycles. The summed E-state index contributed by atoms with van der Waals surface area (Å²) in [5, 5.41) is 10.4. The number of aromatic nitrogens is 3. The fourth-order valence-corrected chi connectivity index (χ4v) is 1.65. The van der Waals surface area contributed by atoms with Crippen LogP contribution < -0.4 is 5.32 Å². The second-order valence-electron chi connectivity index (χ2n) is 4.50. The number of esters is 1. The number of ether oxygens (including phenoxy) is 2. The summed E-state index contributed by atoms with van der Waals surface area (Å²) in [5.41, 5.74) is 0.607. The number of carbonyl (C=O) groups is 2. The van der Waals surface area contributed by atoms with Crippen molar-refractivity contribution >= 4 is 11.9 Å². The normalized spacial score (nSPS) is 10.7. The summed E-state index contributed by atoms with van der Waals surface area (Å²) in [6, 6.07) is 0.0855. The highest BCUT2D eigenvalue weighted by atomic mass is 16.5. The van der Waals surface area contributed by atoms with Gasteiger partial charge in [0.1, 0.15) is 0 Å². The van der Waals surface area contributed by atoms with Crippen LogP contribution in [-0.4, -0.2) is 47.1 Å². The van der Waals surface area contributed by atoms with E-state index in [9.17, 15) is 9.59 Å². The molecule has 0 saturated carbocycles. The molecule has 0 fully saturated rings. The monoisotopic (exact) mass is 284 g/mol. The zero-order valence-corrected chi connectivity index (χ0v) is 12.2. The van der Waals surface area contributed by atoms with Crippen LogP contribution in [0.5, 0.6) is 0 Å². The lowest BCUT2D eigenvalue weighted by Crippen LogP contribution is -2.31. The van der Waals surface area contributed by atoms with Crippen LogP contribution in [0.4, 0.5) is 0 Å². The second kappa shape index (κ2) is 7.59. The number of nitrogens with one attached hydrogen (secondary N) is 1. The first-order valence-electron chi connectivity index (χ1n) is 6.28. The van der Waals surface area contributed by atoms with Gasteiger partial charge in [-0.05, 0) is 13.8 Å². The van der Waals surface area contributed by atoms with Gasteiger partial charge >= 0.3 is 5.97 Å². The maximum Gasteiger partial charge on any atom is 0.360 e. The van der Waals surface area contributed by atoms with Crippen LogP contribution in [-0.2, 0) is 27.4 Å². The molecule has 0 bridgehead atoms. The van der Waals surface area contributed by atoms with Gasteiger partial charge in [-0.1, -0.05) is 5.21 Å². The number of rotatable bonds is 7. The first-order valence-corrected chi connectivity index (χ1v) is 6.28. The lowest BCUT2D eigenvalue weighted by molar-refractivity contribution is -0.121. The molecule has 0 saturated heterocycles. The van der Waals surface area contributed by atoms with E-state index in [4.69, 9.17) is 4.74 Å². The molecular weight excluding hydrogens is 264 g/mol. The number of aryl methyl sites for hydroxylation is 1. The molecule has 0 spiro atoms. The van der Waals surface area contributed by atoms with Gasteiger partial charge < -0.3 is 14.8 Å². The summed E-state index contributed by atoms with van der Waals surface area (Å²) < 4.78 is 11.1. The number of hydrogen-bond donors (Lipinski definition) is 1. The Kier molecular flexibility index (Phi) is 6.10. The Balaban J connectivity index is 2.77. The summed E-state index contributed by atoms with van der Waals surface area (Å²) >= 11 is 0. The molecule has 0 aliphatic heterocycles. The van der Waals surface area contributed by atoms with Crippen LogP contribution in [0, 0.1) is 0 Å². The molecule has 112 valence electrons. The second-order valence-corrected chi connectivity index (χ2v) is 4.50. The molecule has 1 aromatic rings. The van der Waals surface area contributed by atoms with E-state index in [2.05, 4.69) is 20.4 Å². The van der Waals surface area contributed by atoms with Crippen LogP contribution in [0.2, 0.25) is 0 Å². The highest BCUT2D eigenvalue weighted by molar-refractivity contribution is 5.88. The zero-order chi connectivity index (χ0) is 15.1. The van der Waals surface area contributed by atoms with E-state index in [-0.39, 0.29) is 30.7 Å². The van der Waals surface area contributed by atoms with Gasteiger partial charge in [0.25, 0.3) is 0 Å². The van der Waals surface area contributed by atoms with Gasteiger partial charge in [-0.25, -0.2) is 9.48 Å². The quantitative estimate of drug-likeness (QED) is 0.715. The lowest BCUT2D eigenvalue weighted by atomic mass is 10.3. The highest BCUT2D eigenvalue weighted by Gasteiger charge is 2.20. The molecule has 0 radical (unpaired) electrons. The number of methoxy groups -OCH3 is 2. The highest BCUT2D eigenvalue weighted by Crippen LogP contribution is 2.09. The summed E-state index contributed by atoms with van der Waals surface area (Å²) in [6.07, 6.45) is 0.249. The standard InChI is InChI=1S/C12H20N4O4/c1-8(2)13-10(17)5-6-16-9(7-19-3)11(14-15-16)12(18)20-4/h8H,5-7H2,1-4H3,(H,13,17). The van der Waals surface area contributed by atoms with Crippen LogP contribution in [0.1, 0.15) is 36.5 Å². The summed E-state index contributed by atoms with van der Waals surface area (Å²) in [5.74, 6) is -0.659. The largest absolute Gasteiger partial charge is 0.464 e.